The highest BCUT2D eigenvalue weighted by Gasteiger charge is 2.18. The van der Waals surface area contributed by atoms with Crippen LogP contribution < -0.4 is 5.32 Å². The van der Waals surface area contributed by atoms with Crippen molar-refractivity contribution in [2.24, 2.45) is 0 Å². The van der Waals surface area contributed by atoms with Crippen molar-refractivity contribution < 1.29 is 0 Å². The topological polar surface area (TPSA) is 40.7 Å². The molecule has 1 aliphatic heterocycles. The molecular weight excluding hydrogens is 186 g/mol. The van der Waals surface area contributed by atoms with Crippen molar-refractivity contribution in [3.05, 3.63) is 47.8 Å². The number of nitrogens with zero attached hydrogens (tertiary/aromatic N) is 1. The Morgan fingerprint density at radius 3 is 3.07 bits per heavy atom. The van der Waals surface area contributed by atoms with E-state index >= 15 is 0 Å². The molecule has 1 unspecified atom stereocenters. The molecule has 3 heteroatoms. The normalized spacial score (nSPS) is 19.3. The molecule has 0 saturated carbocycles. The molecular formula is C12H13N3. The summed E-state index contributed by atoms with van der Waals surface area (Å²) in [6.45, 7) is 0. The molecule has 1 aliphatic rings. The van der Waals surface area contributed by atoms with Gasteiger partial charge in [0.05, 0.1) is 12.2 Å². The van der Waals surface area contributed by atoms with Gasteiger partial charge < -0.3 is 5.32 Å². The molecule has 0 radical (unpaired) electrons. The lowest BCUT2D eigenvalue weighted by molar-refractivity contribution is 0.668. The fourth-order valence-corrected chi connectivity index (χ4v) is 2.14. The van der Waals surface area contributed by atoms with Crippen molar-refractivity contribution in [1.29, 1.82) is 0 Å². The van der Waals surface area contributed by atoms with E-state index in [1.807, 2.05) is 12.4 Å². The summed E-state index contributed by atoms with van der Waals surface area (Å²) in [5.74, 6) is 0. The molecule has 0 aliphatic carbocycles. The molecule has 3 rings (SSSR count). The quantitative estimate of drug-likeness (QED) is 0.740. The fraction of sp³-hybridized carbons (Fsp3) is 0.250. The van der Waals surface area contributed by atoms with Crippen molar-refractivity contribution in [1.82, 2.24) is 10.2 Å². The first-order valence-electron chi connectivity index (χ1n) is 5.26. The minimum Gasteiger partial charge on any atom is -0.378 e. The van der Waals surface area contributed by atoms with Gasteiger partial charge in [0.25, 0.3) is 0 Å². The van der Waals surface area contributed by atoms with Crippen LogP contribution in [0.25, 0.3) is 0 Å². The number of aromatic nitrogens is 2. The first-order chi connectivity index (χ1) is 7.43. The molecule has 0 amide bonds. The first-order valence-corrected chi connectivity index (χ1v) is 5.26. The van der Waals surface area contributed by atoms with E-state index in [-0.39, 0.29) is 0 Å². The van der Waals surface area contributed by atoms with Gasteiger partial charge >= 0.3 is 0 Å². The van der Waals surface area contributed by atoms with E-state index in [0.29, 0.717) is 6.04 Å². The summed E-state index contributed by atoms with van der Waals surface area (Å²) in [5.41, 5.74) is 3.91. The molecule has 1 aromatic heterocycles. The van der Waals surface area contributed by atoms with Crippen LogP contribution in [0.1, 0.15) is 23.6 Å². The minimum absolute atomic E-state index is 0.402. The molecule has 0 fully saturated rings. The average Bonchev–Trinajstić information content (AvgIpc) is 2.82. The maximum Gasteiger partial charge on any atom is 0.0548 e. The number of rotatable bonds is 1. The third-order valence-corrected chi connectivity index (χ3v) is 2.97. The molecule has 15 heavy (non-hydrogen) atoms. The molecule has 3 nitrogen and oxygen atoms in total. The second-order valence-electron chi connectivity index (χ2n) is 3.92. The smallest absolute Gasteiger partial charge is 0.0548 e. The van der Waals surface area contributed by atoms with Crippen LogP contribution in [0.4, 0.5) is 5.69 Å². The van der Waals surface area contributed by atoms with Crippen molar-refractivity contribution in [2.45, 2.75) is 18.9 Å². The van der Waals surface area contributed by atoms with Crippen LogP contribution in [0.5, 0.6) is 0 Å². The highest BCUT2D eigenvalue weighted by Crippen LogP contribution is 2.31. The summed E-state index contributed by atoms with van der Waals surface area (Å²) >= 11 is 0. The zero-order chi connectivity index (χ0) is 10.1. The van der Waals surface area contributed by atoms with E-state index in [1.165, 1.54) is 16.8 Å². The zero-order valence-electron chi connectivity index (χ0n) is 8.40. The maximum absolute atomic E-state index is 3.99. The maximum atomic E-state index is 3.99. The van der Waals surface area contributed by atoms with E-state index in [4.69, 9.17) is 0 Å². The van der Waals surface area contributed by atoms with Crippen molar-refractivity contribution >= 4 is 5.69 Å². The largest absolute Gasteiger partial charge is 0.378 e. The van der Waals surface area contributed by atoms with Crippen molar-refractivity contribution in [3.8, 4) is 0 Å². The molecule has 0 saturated heterocycles. The fourth-order valence-electron chi connectivity index (χ4n) is 2.14. The number of nitrogens with one attached hydrogen (secondary N) is 2. The average molecular weight is 199 g/mol. The van der Waals surface area contributed by atoms with Crippen LogP contribution in [0, 0.1) is 0 Å². The van der Waals surface area contributed by atoms with Crippen molar-refractivity contribution in [2.75, 3.05) is 5.32 Å². The van der Waals surface area contributed by atoms with Gasteiger partial charge in [-0.3, -0.25) is 5.10 Å². The summed E-state index contributed by atoms with van der Waals surface area (Å²) < 4.78 is 0. The first kappa shape index (κ1) is 8.53. The molecule has 2 N–H and O–H groups in total. The molecule has 0 spiro atoms. The van der Waals surface area contributed by atoms with Gasteiger partial charge in [-0.2, -0.15) is 5.10 Å². The van der Waals surface area contributed by atoms with Gasteiger partial charge in [0.2, 0.25) is 0 Å². The molecule has 2 heterocycles. The lowest BCUT2D eigenvalue weighted by Gasteiger charge is -2.26. The summed E-state index contributed by atoms with van der Waals surface area (Å²) in [6, 6.07) is 8.90. The van der Waals surface area contributed by atoms with E-state index in [2.05, 4.69) is 39.8 Å². The van der Waals surface area contributed by atoms with Gasteiger partial charge in [0.15, 0.2) is 0 Å². The number of anilines is 1. The molecule has 1 atom stereocenters. The monoisotopic (exact) mass is 199 g/mol. The van der Waals surface area contributed by atoms with Crippen LogP contribution in [0.3, 0.4) is 0 Å². The third-order valence-electron chi connectivity index (χ3n) is 2.97. The molecule has 76 valence electrons. The van der Waals surface area contributed by atoms with Crippen LogP contribution in [0.2, 0.25) is 0 Å². The Balaban J connectivity index is 1.89. The van der Waals surface area contributed by atoms with Crippen LogP contribution >= 0.6 is 0 Å². The molecule has 0 bridgehead atoms. The minimum atomic E-state index is 0.402. The Morgan fingerprint density at radius 2 is 2.20 bits per heavy atom. The number of hydrogen-bond donors (Lipinski definition) is 2. The lowest BCUT2D eigenvalue weighted by atomic mass is 9.95. The van der Waals surface area contributed by atoms with Gasteiger partial charge in [0, 0.05) is 17.4 Å². The number of fused-ring (bicyclic) bond motifs is 1. The standard InChI is InChI=1S/C12H13N3/c1-2-4-11-9(3-1)5-6-12(15-11)10-7-13-14-8-10/h1-4,7-8,12,15H,5-6H2,(H,13,14). The van der Waals surface area contributed by atoms with Gasteiger partial charge in [-0.15, -0.1) is 0 Å². The Hall–Kier alpha value is -1.77. The number of hydrogen-bond acceptors (Lipinski definition) is 2. The number of para-hydroxylation sites is 1. The Kier molecular flexibility index (Phi) is 1.95. The van der Waals surface area contributed by atoms with Gasteiger partial charge in [-0.25, -0.2) is 0 Å². The predicted octanol–water partition coefficient (Wildman–Crippen LogP) is 2.51. The van der Waals surface area contributed by atoms with Crippen LogP contribution in [-0.2, 0) is 6.42 Å². The van der Waals surface area contributed by atoms with E-state index in [9.17, 15) is 0 Å². The van der Waals surface area contributed by atoms with E-state index in [1.54, 1.807) is 0 Å². The van der Waals surface area contributed by atoms with E-state index in [0.717, 1.165) is 12.8 Å². The van der Waals surface area contributed by atoms with Gasteiger partial charge in [0.1, 0.15) is 0 Å². The van der Waals surface area contributed by atoms with E-state index < -0.39 is 0 Å². The highest BCUT2D eigenvalue weighted by atomic mass is 15.1. The third kappa shape index (κ3) is 1.50. The number of H-pyrrole nitrogens is 1. The summed E-state index contributed by atoms with van der Waals surface area (Å²) in [6.07, 6.45) is 6.13. The predicted molar refractivity (Wildman–Crippen MR) is 59.7 cm³/mol. The Labute approximate surface area is 88.5 Å². The number of aromatic amines is 1. The molecule has 1 aromatic carbocycles. The summed E-state index contributed by atoms with van der Waals surface area (Å²) in [5, 5.41) is 10.4. The lowest BCUT2D eigenvalue weighted by Crippen LogP contribution is -2.17. The van der Waals surface area contributed by atoms with Crippen LogP contribution in [-0.4, -0.2) is 10.2 Å². The molecule has 2 aromatic rings. The number of benzene rings is 1. The summed E-state index contributed by atoms with van der Waals surface area (Å²) in [7, 11) is 0. The van der Waals surface area contributed by atoms with Gasteiger partial charge in [-0.1, -0.05) is 18.2 Å². The zero-order valence-corrected chi connectivity index (χ0v) is 8.40. The second kappa shape index (κ2) is 3.42. The second-order valence-corrected chi connectivity index (χ2v) is 3.92. The number of aryl methyl sites for hydroxylation is 1. The Bertz CT molecular complexity index is 448. The summed E-state index contributed by atoms with van der Waals surface area (Å²) in [4.78, 5) is 0. The van der Waals surface area contributed by atoms with Crippen LogP contribution in [0.15, 0.2) is 36.7 Å². The van der Waals surface area contributed by atoms with Crippen molar-refractivity contribution in [3.63, 3.8) is 0 Å². The van der Waals surface area contributed by atoms with Gasteiger partial charge in [-0.05, 0) is 24.5 Å². The highest BCUT2D eigenvalue weighted by molar-refractivity contribution is 5.54. The Morgan fingerprint density at radius 1 is 1.27 bits per heavy atom. The SMILES string of the molecule is c1ccc2c(c1)CCC(c1cn[nH]c1)N2.